The monoisotopic (exact) mass is 282 g/mol. The lowest BCUT2D eigenvalue weighted by Gasteiger charge is -2.33. The fraction of sp³-hybridized carbons (Fsp3) is 0.571. The number of benzene rings is 1. The van der Waals surface area contributed by atoms with Crippen molar-refractivity contribution in [2.24, 2.45) is 0 Å². The van der Waals surface area contributed by atoms with Gasteiger partial charge in [0.2, 0.25) is 0 Å². The van der Waals surface area contributed by atoms with Crippen LogP contribution in [0.1, 0.15) is 12.5 Å². The number of rotatable bonds is 5. The van der Waals surface area contributed by atoms with E-state index >= 15 is 0 Å². The maximum atomic E-state index is 11.5. The van der Waals surface area contributed by atoms with Gasteiger partial charge in [0.05, 0.1) is 11.5 Å². The highest BCUT2D eigenvalue weighted by Gasteiger charge is 2.27. The molecule has 0 aromatic heterocycles. The largest absolute Gasteiger partial charge is 0.311 e. The Hall–Kier alpha value is -0.910. The van der Waals surface area contributed by atoms with Gasteiger partial charge in [-0.1, -0.05) is 30.3 Å². The van der Waals surface area contributed by atoms with Crippen LogP contribution in [0.2, 0.25) is 0 Å². The van der Waals surface area contributed by atoms with Crippen molar-refractivity contribution in [1.29, 1.82) is 0 Å². The maximum Gasteiger partial charge on any atom is 0.153 e. The van der Waals surface area contributed by atoms with E-state index in [0.717, 1.165) is 19.6 Å². The first-order chi connectivity index (χ1) is 9.07. The average molecular weight is 282 g/mol. The number of nitrogens with zero attached hydrogens (tertiary/aromatic N) is 1. The normalized spacial score (nSPS) is 23.3. The highest BCUT2D eigenvalue weighted by molar-refractivity contribution is 7.91. The van der Waals surface area contributed by atoms with E-state index < -0.39 is 9.84 Å². The minimum Gasteiger partial charge on any atom is -0.311 e. The Morgan fingerprint density at radius 3 is 2.74 bits per heavy atom. The van der Waals surface area contributed by atoms with Crippen molar-refractivity contribution in [3.05, 3.63) is 35.9 Å². The van der Waals surface area contributed by atoms with E-state index in [1.165, 1.54) is 5.56 Å². The van der Waals surface area contributed by atoms with Crippen molar-refractivity contribution in [3.8, 4) is 0 Å². The van der Waals surface area contributed by atoms with Gasteiger partial charge in [-0.25, -0.2) is 8.42 Å². The second-order valence-corrected chi connectivity index (χ2v) is 7.39. The lowest BCUT2D eigenvalue weighted by molar-refractivity contribution is 0.227. The summed E-state index contributed by atoms with van der Waals surface area (Å²) in [5.74, 6) is 0.599. The van der Waals surface area contributed by atoms with Crippen LogP contribution in [0.3, 0.4) is 0 Å². The van der Waals surface area contributed by atoms with Crippen LogP contribution in [0.15, 0.2) is 30.3 Å². The minimum absolute atomic E-state index is 0.136. The first kappa shape index (κ1) is 14.5. The number of hydrogen-bond acceptors (Lipinski definition) is 4. The molecule has 1 fully saturated rings. The Labute approximate surface area is 115 Å². The molecule has 1 aliphatic heterocycles. The summed E-state index contributed by atoms with van der Waals surface area (Å²) in [5, 5.41) is 3.40. The van der Waals surface area contributed by atoms with Gasteiger partial charge in [0.15, 0.2) is 9.84 Å². The summed E-state index contributed by atoms with van der Waals surface area (Å²) >= 11 is 0. The Bertz CT molecular complexity index is 487. The first-order valence-corrected chi connectivity index (χ1v) is 8.58. The molecule has 1 aliphatic rings. The highest BCUT2D eigenvalue weighted by atomic mass is 32.2. The van der Waals surface area contributed by atoms with Crippen LogP contribution in [0.25, 0.3) is 0 Å². The molecule has 5 heteroatoms. The quantitative estimate of drug-likeness (QED) is 0.815. The fourth-order valence-electron chi connectivity index (χ4n) is 2.42. The van der Waals surface area contributed by atoms with Gasteiger partial charge in [0.25, 0.3) is 0 Å². The van der Waals surface area contributed by atoms with Gasteiger partial charge in [-0.15, -0.1) is 0 Å². The van der Waals surface area contributed by atoms with Gasteiger partial charge in [-0.3, -0.25) is 4.90 Å². The molecule has 0 spiro atoms. The summed E-state index contributed by atoms with van der Waals surface area (Å²) in [7, 11) is -2.80. The van der Waals surface area contributed by atoms with Crippen molar-refractivity contribution in [2.45, 2.75) is 19.5 Å². The van der Waals surface area contributed by atoms with Gasteiger partial charge >= 0.3 is 0 Å². The molecule has 1 atom stereocenters. The molecule has 1 unspecified atom stereocenters. The molecule has 1 N–H and O–H groups in total. The molecule has 1 aromatic rings. The predicted molar refractivity (Wildman–Crippen MR) is 77.8 cm³/mol. The van der Waals surface area contributed by atoms with Crippen molar-refractivity contribution >= 4 is 9.84 Å². The Balaban J connectivity index is 1.69. The van der Waals surface area contributed by atoms with E-state index in [4.69, 9.17) is 0 Å². The second kappa shape index (κ2) is 6.50. The topological polar surface area (TPSA) is 49.4 Å². The van der Waals surface area contributed by atoms with Gasteiger partial charge < -0.3 is 5.32 Å². The molecule has 0 bridgehead atoms. The Morgan fingerprint density at radius 2 is 2.05 bits per heavy atom. The van der Waals surface area contributed by atoms with E-state index in [-0.39, 0.29) is 6.04 Å². The molecule has 4 nitrogen and oxygen atoms in total. The standard InChI is InChI=1S/C14H22N2O2S/c1-13-12-19(17,18)10-9-16(13)8-7-15-11-14-5-3-2-4-6-14/h2-6,13,15H,7-12H2,1H3. The summed E-state index contributed by atoms with van der Waals surface area (Å²) in [6.45, 7) is 5.31. The molecule has 1 saturated heterocycles. The lowest BCUT2D eigenvalue weighted by atomic mass is 10.2. The molecule has 0 radical (unpaired) electrons. The number of nitrogens with one attached hydrogen (secondary N) is 1. The van der Waals surface area contributed by atoms with Crippen molar-refractivity contribution < 1.29 is 8.42 Å². The van der Waals surface area contributed by atoms with Crippen LogP contribution >= 0.6 is 0 Å². The lowest BCUT2D eigenvalue weighted by Crippen LogP contribution is -2.48. The van der Waals surface area contributed by atoms with Crippen molar-refractivity contribution in [2.75, 3.05) is 31.1 Å². The maximum absolute atomic E-state index is 11.5. The van der Waals surface area contributed by atoms with Gasteiger partial charge in [0, 0.05) is 32.2 Å². The predicted octanol–water partition coefficient (Wildman–Crippen LogP) is 0.895. The number of hydrogen-bond donors (Lipinski definition) is 1. The summed E-state index contributed by atoms with van der Waals surface area (Å²) in [6.07, 6.45) is 0. The van der Waals surface area contributed by atoms with E-state index in [1.54, 1.807) is 0 Å². The van der Waals surface area contributed by atoms with Crippen LogP contribution < -0.4 is 5.32 Å². The molecule has 1 heterocycles. The molecule has 1 aromatic carbocycles. The molecule has 0 amide bonds. The SMILES string of the molecule is CC1CS(=O)(=O)CCN1CCNCc1ccccc1. The summed E-state index contributed by atoms with van der Waals surface area (Å²) < 4.78 is 23.0. The second-order valence-electron chi connectivity index (χ2n) is 5.16. The molecule has 0 aliphatic carbocycles. The molecular formula is C14H22N2O2S. The smallest absolute Gasteiger partial charge is 0.153 e. The zero-order valence-electron chi connectivity index (χ0n) is 11.4. The van der Waals surface area contributed by atoms with Crippen LogP contribution in [-0.2, 0) is 16.4 Å². The van der Waals surface area contributed by atoms with Crippen LogP contribution in [0.4, 0.5) is 0 Å². The number of sulfone groups is 1. The third-order valence-electron chi connectivity index (χ3n) is 3.56. The summed E-state index contributed by atoms with van der Waals surface area (Å²) in [5.41, 5.74) is 1.27. The zero-order chi connectivity index (χ0) is 13.7. The van der Waals surface area contributed by atoms with Crippen LogP contribution in [0.5, 0.6) is 0 Å². The molecule has 0 saturated carbocycles. The first-order valence-electron chi connectivity index (χ1n) is 6.76. The van der Waals surface area contributed by atoms with E-state index in [2.05, 4.69) is 22.3 Å². The van der Waals surface area contributed by atoms with Crippen molar-refractivity contribution in [1.82, 2.24) is 10.2 Å². The van der Waals surface area contributed by atoms with Gasteiger partial charge in [0.1, 0.15) is 0 Å². The van der Waals surface area contributed by atoms with Gasteiger partial charge in [-0.05, 0) is 12.5 Å². The van der Waals surface area contributed by atoms with E-state index in [9.17, 15) is 8.42 Å². The third-order valence-corrected chi connectivity index (χ3v) is 5.35. The molecule has 2 rings (SSSR count). The average Bonchev–Trinajstić information content (AvgIpc) is 2.37. The van der Waals surface area contributed by atoms with Crippen LogP contribution in [0, 0.1) is 0 Å². The van der Waals surface area contributed by atoms with E-state index in [1.807, 2.05) is 25.1 Å². The minimum atomic E-state index is -2.80. The summed E-state index contributed by atoms with van der Waals surface area (Å²) in [4.78, 5) is 2.25. The van der Waals surface area contributed by atoms with Crippen LogP contribution in [-0.4, -0.2) is 50.5 Å². The summed E-state index contributed by atoms with van der Waals surface area (Å²) in [6, 6.07) is 10.4. The highest BCUT2D eigenvalue weighted by Crippen LogP contribution is 2.10. The Morgan fingerprint density at radius 1 is 1.32 bits per heavy atom. The fourth-order valence-corrected chi connectivity index (χ4v) is 4.04. The van der Waals surface area contributed by atoms with Gasteiger partial charge in [-0.2, -0.15) is 0 Å². The Kier molecular flexibility index (Phi) is 4.96. The van der Waals surface area contributed by atoms with Crippen molar-refractivity contribution in [3.63, 3.8) is 0 Å². The molecule has 19 heavy (non-hydrogen) atoms. The molecule has 106 valence electrons. The molecular weight excluding hydrogens is 260 g/mol. The zero-order valence-corrected chi connectivity index (χ0v) is 12.2. The third kappa shape index (κ3) is 4.60. The van der Waals surface area contributed by atoms with E-state index in [0.29, 0.717) is 18.1 Å².